The number of nitrogens with zero attached hydrogens (tertiary/aromatic N) is 2. The second kappa shape index (κ2) is 6.70. The monoisotopic (exact) mass is 384 g/mol. The number of halogens is 1. The number of hydrogen-bond donors (Lipinski definition) is 1. The van der Waals surface area contributed by atoms with E-state index in [4.69, 9.17) is 16.0 Å². The molecule has 0 spiro atoms. The molecule has 1 aromatic carbocycles. The third-order valence-corrected chi connectivity index (χ3v) is 5.20. The zero-order chi connectivity index (χ0) is 19.1. The summed E-state index contributed by atoms with van der Waals surface area (Å²) in [5, 5.41) is 10.2. The Balaban J connectivity index is 1.62. The van der Waals surface area contributed by atoms with Crippen LogP contribution in [0.25, 0.3) is 11.1 Å². The van der Waals surface area contributed by atoms with Gasteiger partial charge in [0, 0.05) is 35.8 Å². The third-order valence-electron chi connectivity index (χ3n) is 4.95. The highest BCUT2D eigenvalue weighted by Crippen LogP contribution is 2.34. The molecule has 0 unspecified atom stereocenters. The summed E-state index contributed by atoms with van der Waals surface area (Å²) in [4.78, 5) is 30.5. The van der Waals surface area contributed by atoms with E-state index in [0.717, 1.165) is 11.3 Å². The number of aromatic nitrogens is 1. The lowest BCUT2D eigenvalue weighted by Crippen LogP contribution is -2.29. The first-order valence-electron chi connectivity index (χ1n) is 8.57. The molecule has 0 radical (unpaired) electrons. The van der Waals surface area contributed by atoms with Gasteiger partial charge in [0.1, 0.15) is 5.52 Å². The number of carboxylic acid groups (broad SMARTS) is 1. The van der Waals surface area contributed by atoms with Gasteiger partial charge in [-0.15, -0.1) is 0 Å². The number of carbonyl (C=O) groups excluding carboxylic acids is 1. The van der Waals surface area contributed by atoms with Crippen molar-refractivity contribution < 1.29 is 19.1 Å². The first-order valence-corrected chi connectivity index (χ1v) is 8.95. The second-order valence-electron chi connectivity index (χ2n) is 6.76. The molecule has 3 heterocycles. The normalized spacial score (nSPS) is 19.6. The number of hydrogen-bond acceptors (Lipinski definition) is 4. The van der Waals surface area contributed by atoms with Crippen molar-refractivity contribution in [1.29, 1.82) is 0 Å². The van der Waals surface area contributed by atoms with E-state index in [1.54, 1.807) is 24.3 Å². The molecule has 4 rings (SSSR count). The predicted octanol–water partition coefficient (Wildman–Crippen LogP) is 3.73. The molecule has 2 atom stereocenters. The van der Waals surface area contributed by atoms with E-state index in [1.807, 2.05) is 25.1 Å². The van der Waals surface area contributed by atoms with E-state index in [1.165, 1.54) is 4.90 Å². The van der Waals surface area contributed by atoms with Gasteiger partial charge in [0.25, 0.3) is 5.91 Å². The smallest absolute Gasteiger partial charge is 0.308 e. The molecule has 1 aliphatic rings. The molecule has 27 heavy (non-hydrogen) atoms. The summed E-state index contributed by atoms with van der Waals surface area (Å²) in [6, 6.07) is 12.3. The van der Waals surface area contributed by atoms with Crippen molar-refractivity contribution in [2.24, 2.45) is 5.92 Å². The quantitative estimate of drug-likeness (QED) is 0.743. The first-order chi connectivity index (χ1) is 12.9. The zero-order valence-corrected chi connectivity index (χ0v) is 15.3. The van der Waals surface area contributed by atoms with Crippen LogP contribution in [0.2, 0.25) is 5.02 Å². The van der Waals surface area contributed by atoms with Crippen LogP contribution >= 0.6 is 11.6 Å². The number of furan rings is 1. The van der Waals surface area contributed by atoms with Crippen LogP contribution in [0.3, 0.4) is 0 Å². The highest BCUT2D eigenvalue weighted by atomic mass is 35.5. The van der Waals surface area contributed by atoms with Gasteiger partial charge in [-0.1, -0.05) is 23.7 Å². The number of amides is 1. The number of carboxylic acids is 1. The molecule has 1 amide bonds. The van der Waals surface area contributed by atoms with Gasteiger partial charge in [0.2, 0.25) is 0 Å². The molecular weight excluding hydrogens is 368 g/mol. The maximum atomic E-state index is 12.9. The lowest BCUT2D eigenvalue weighted by molar-refractivity contribution is -0.141. The number of carbonyl (C=O) groups is 2. The van der Waals surface area contributed by atoms with Crippen LogP contribution in [0.15, 0.2) is 46.9 Å². The Bertz CT molecular complexity index is 1030. The number of rotatable bonds is 3. The molecule has 0 saturated carbocycles. The van der Waals surface area contributed by atoms with Gasteiger partial charge < -0.3 is 14.4 Å². The van der Waals surface area contributed by atoms with Crippen molar-refractivity contribution in [3.05, 3.63) is 64.5 Å². The van der Waals surface area contributed by atoms with Crippen LogP contribution in [0.5, 0.6) is 0 Å². The van der Waals surface area contributed by atoms with Gasteiger partial charge in [-0.3, -0.25) is 9.59 Å². The van der Waals surface area contributed by atoms with Gasteiger partial charge in [0.05, 0.1) is 5.92 Å². The topological polar surface area (TPSA) is 83.6 Å². The predicted molar refractivity (Wildman–Crippen MR) is 100.0 cm³/mol. The van der Waals surface area contributed by atoms with Gasteiger partial charge in [0.15, 0.2) is 11.3 Å². The van der Waals surface area contributed by atoms with Gasteiger partial charge >= 0.3 is 5.97 Å². The number of aryl methyl sites for hydroxylation is 1. The minimum atomic E-state index is -0.924. The Morgan fingerprint density at radius 3 is 2.63 bits per heavy atom. The SMILES string of the molecule is Cc1ccc2oc(C(=O)N3C[C@@H](C(=O)O)[C@H](c4ccc(Cl)cc4)C3)cc2n1. The van der Waals surface area contributed by atoms with Crippen LogP contribution in [0, 0.1) is 12.8 Å². The lowest BCUT2D eigenvalue weighted by atomic mass is 9.89. The van der Waals surface area contributed by atoms with E-state index < -0.39 is 11.9 Å². The zero-order valence-electron chi connectivity index (χ0n) is 14.6. The molecule has 138 valence electrons. The van der Waals surface area contributed by atoms with Crippen molar-refractivity contribution >= 4 is 34.6 Å². The molecule has 2 aromatic heterocycles. The maximum Gasteiger partial charge on any atom is 0.308 e. The van der Waals surface area contributed by atoms with Crippen LogP contribution in [0.1, 0.15) is 27.7 Å². The summed E-state index contributed by atoms with van der Waals surface area (Å²) in [7, 11) is 0. The van der Waals surface area contributed by atoms with E-state index in [-0.39, 0.29) is 24.1 Å². The second-order valence-corrected chi connectivity index (χ2v) is 7.20. The minimum Gasteiger partial charge on any atom is -0.481 e. The molecule has 7 heteroatoms. The summed E-state index contributed by atoms with van der Waals surface area (Å²) in [6.07, 6.45) is 0. The largest absolute Gasteiger partial charge is 0.481 e. The standard InChI is InChI=1S/C20H17ClN2O4/c1-11-2-7-17-16(22-11)8-18(27-17)19(24)23-9-14(15(10-23)20(25)26)12-3-5-13(21)6-4-12/h2-8,14-15H,9-10H2,1H3,(H,25,26)/t14-,15+/m0/s1. The molecule has 1 saturated heterocycles. The Morgan fingerprint density at radius 2 is 1.93 bits per heavy atom. The summed E-state index contributed by atoms with van der Waals surface area (Å²) >= 11 is 5.93. The van der Waals surface area contributed by atoms with Gasteiger partial charge in [-0.2, -0.15) is 0 Å². The summed E-state index contributed by atoms with van der Waals surface area (Å²) < 4.78 is 5.63. The highest BCUT2D eigenvalue weighted by molar-refractivity contribution is 6.30. The number of pyridine rings is 1. The minimum absolute atomic E-state index is 0.130. The average molecular weight is 385 g/mol. The Morgan fingerprint density at radius 1 is 1.19 bits per heavy atom. The van der Waals surface area contributed by atoms with Gasteiger partial charge in [-0.05, 0) is 36.8 Å². The van der Waals surface area contributed by atoms with E-state index >= 15 is 0 Å². The fourth-order valence-corrected chi connectivity index (χ4v) is 3.68. The maximum absolute atomic E-state index is 12.9. The third kappa shape index (κ3) is 3.28. The molecule has 1 aliphatic heterocycles. The Kier molecular flexibility index (Phi) is 4.36. The summed E-state index contributed by atoms with van der Waals surface area (Å²) in [5.41, 5.74) is 2.83. The van der Waals surface area contributed by atoms with E-state index in [9.17, 15) is 14.7 Å². The first kappa shape index (κ1) is 17.5. The number of aliphatic carboxylic acids is 1. The Hall–Kier alpha value is -2.86. The van der Waals surface area contributed by atoms with Crippen molar-refractivity contribution in [1.82, 2.24) is 9.88 Å². The average Bonchev–Trinajstić information content (AvgIpc) is 3.25. The number of likely N-dealkylation sites (tertiary alicyclic amines) is 1. The van der Waals surface area contributed by atoms with Crippen LogP contribution in [0.4, 0.5) is 0 Å². The van der Waals surface area contributed by atoms with Crippen molar-refractivity contribution in [3.63, 3.8) is 0 Å². The van der Waals surface area contributed by atoms with Crippen LogP contribution in [-0.4, -0.2) is 40.0 Å². The van der Waals surface area contributed by atoms with Gasteiger partial charge in [-0.25, -0.2) is 4.98 Å². The summed E-state index contributed by atoms with van der Waals surface area (Å²) in [5.74, 6) is -2.06. The fourth-order valence-electron chi connectivity index (χ4n) is 3.55. The molecular formula is C20H17ClN2O4. The molecule has 1 fully saturated rings. The molecule has 6 nitrogen and oxygen atoms in total. The van der Waals surface area contributed by atoms with Crippen molar-refractivity contribution in [2.75, 3.05) is 13.1 Å². The molecule has 0 bridgehead atoms. The van der Waals surface area contributed by atoms with E-state index in [0.29, 0.717) is 22.7 Å². The number of fused-ring (bicyclic) bond motifs is 1. The van der Waals surface area contributed by atoms with Crippen LogP contribution < -0.4 is 0 Å². The van der Waals surface area contributed by atoms with Crippen molar-refractivity contribution in [3.8, 4) is 0 Å². The van der Waals surface area contributed by atoms with Crippen LogP contribution in [-0.2, 0) is 4.79 Å². The molecule has 3 aromatic rings. The molecule has 0 aliphatic carbocycles. The Labute approximate surface area is 160 Å². The highest BCUT2D eigenvalue weighted by Gasteiger charge is 2.41. The number of benzene rings is 1. The fraction of sp³-hybridized carbons (Fsp3) is 0.250. The van der Waals surface area contributed by atoms with Crippen molar-refractivity contribution in [2.45, 2.75) is 12.8 Å². The summed E-state index contributed by atoms with van der Waals surface area (Å²) in [6.45, 7) is 2.30. The lowest BCUT2D eigenvalue weighted by Gasteiger charge is -2.15. The van der Waals surface area contributed by atoms with E-state index in [2.05, 4.69) is 4.98 Å². The molecule has 1 N–H and O–H groups in total.